The maximum atomic E-state index is 12.1. The number of nitrogens with two attached hydrogens (primary N) is 1. The number of phenols is 1. The van der Waals surface area contributed by atoms with Gasteiger partial charge in [-0.3, -0.25) is 10.1 Å². The number of benzene rings is 2. The van der Waals surface area contributed by atoms with E-state index >= 15 is 0 Å². The van der Waals surface area contributed by atoms with Gasteiger partial charge in [0, 0.05) is 34.9 Å². The van der Waals surface area contributed by atoms with Crippen LogP contribution >= 0.6 is 22.3 Å². The largest absolute Gasteiger partial charge is 0.504 e. The molecule has 11 nitrogen and oxygen atoms in total. The van der Waals surface area contributed by atoms with Crippen molar-refractivity contribution in [3.05, 3.63) is 45.5 Å². The second kappa shape index (κ2) is 10.1. The summed E-state index contributed by atoms with van der Waals surface area (Å²) >= 11 is 5.55. The molecule has 0 aromatic heterocycles. The van der Waals surface area contributed by atoms with Crippen LogP contribution in [0.2, 0.25) is 5.02 Å². The summed E-state index contributed by atoms with van der Waals surface area (Å²) in [5.41, 5.74) is 5.01. The van der Waals surface area contributed by atoms with Crippen molar-refractivity contribution in [3.8, 4) is 11.5 Å². The number of hydrogen-bond acceptors (Lipinski definition) is 9. The van der Waals surface area contributed by atoms with Crippen molar-refractivity contribution < 1.29 is 31.6 Å². The molecule has 1 saturated heterocycles. The van der Waals surface area contributed by atoms with Crippen LogP contribution in [0.3, 0.4) is 0 Å². The normalized spacial score (nSPS) is 14.5. The quantitative estimate of drug-likeness (QED) is 0.195. The highest BCUT2D eigenvalue weighted by Gasteiger charge is 2.30. The molecule has 0 aliphatic carbocycles. The molecule has 0 spiro atoms. The van der Waals surface area contributed by atoms with Crippen LogP contribution in [-0.2, 0) is 19.1 Å². The van der Waals surface area contributed by atoms with Crippen LogP contribution in [0, 0.1) is 10.1 Å². The predicted molar refractivity (Wildman–Crippen MR) is 118 cm³/mol. The fourth-order valence-corrected chi connectivity index (χ4v) is 5.82. The Hall–Kier alpha value is -2.32. The number of anilines is 1. The first-order chi connectivity index (χ1) is 14.8. The molecule has 2 aromatic carbocycles. The van der Waals surface area contributed by atoms with Crippen LogP contribution in [0.4, 0.5) is 11.4 Å². The fourth-order valence-electron chi connectivity index (χ4n) is 2.89. The van der Waals surface area contributed by atoms with Gasteiger partial charge in [-0.1, -0.05) is 17.7 Å². The number of sulfonamides is 1. The van der Waals surface area contributed by atoms with E-state index in [9.17, 15) is 32.1 Å². The van der Waals surface area contributed by atoms with Crippen LogP contribution in [-0.4, -0.2) is 51.4 Å². The lowest BCUT2D eigenvalue weighted by Crippen LogP contribution is -2.28. The van der Waals surface area contributed by atoms with Crippen LogP contribution in [0.5, 0.6) is 11.5 Å². The summed E-state index contributed by atoms with van der Waals surface area (Å²) in [6, 6.07) is 6.33. The van der Waals surface area contributed by atoms with Crippen LogP contribution in [0.25, 0.3) is 0 Å². The molecule has 0 atom stereocenters. The Morgan fingerprint density at radius 3 is 2.25 bits per heavy atom. The Morgan fingerprint density at radius 1 is 1.16 bits per heavy atom. The van der Waals surface area contributed by atoms with E-state index < -0.39 is 40.3 Å². The molecule has 1 aliphatic heterocycles. The first-order valence-corrected chi connectivity index (χ1v) is 13.0. The number of hydrogen-bond donors (Lipinski definition) is 2. The van der Waals surface area contributed by atoms with Crippen molar-refractivity contribution in [2.24, 2.45) is 0 Å². The third-order valence-electron chi connectivity index (χ3n) is 4.38. The van der Waals surface area contributed by atoms with E-state index in [1.165, 1.54) is 22.5 Å². The minimum Gasteiger partial charge on any atom is -0.504 e. The molecule has 0 amide bonds. The van der Waals surface area contributed by atoms with Gasteiger partial charge in [-0.15, -0.1) is 0 Å². The molecule has 176 valence electrons. The maximum Gasteiger partial charge on any atom is 0.313 e. The number of nitro benzene ring substituents is 1. The van der Waals surface area contributed by atoms with Crippen LogP contribution < -0.4 is 10.5 Å². The zero-order valence-electron chi connectivity index (χ0n) is 16.6. The fraction of sp³-hybridized carbons (Fsp3) is 0.294. The summed E-state index contributed by atoms with van der Waals surface area (Å²) in [6.07, 6.45) is 1.73. The molecule has 0 unspecified atom stereocenters. The molecule has 3 N–H and O–H groups in total. The van der Waals surface area contributed by atoms with Crippen molar-refractivity contribution in [2.75, 3.05) is 25.9 Å². The number of nitro groups is 1. The zero-order chi connectivity index (χ0) is 24.3. The van der Waals surface area contributed by atoms with Crippen molar-refractivity contribution in [3.63, 3.8) is 0 Å². The second-order valence-corrected chi connectivity index (χ2v) is 11.3. The van der Waals surface area contributed by atoms with Gasteiger partial charge in [-0.05, 0) is 31.0 Å². The van der Waals surface area contributed by atoms with Crippen LogP contribution in [0.1, 0.15) is 12.8 Å². The number of aromatic hydroxyl groups is 1. The second-order valence-electron chi connectivity index (χ2n) is 6.46. The Morgan fingerprint density at radius 2 is 1.75 bits per heavy atom. The highest BCUT2D eigenvalue weighted by molar-refractivity contribution is 8.13. The average molecular weight is 528 g/mol. The molecule has 0 saturated carbocycles. The van der Waals surface area contributed by atoms with E-state index in [0.717, 1.165) is 32.1 Å². The van der Waals surface area contributed by atoms with Gasteiger partial charge in [-0.2, -0.15) is 4.31 Å². The number of ether oxygens (including phenoxy) is 1. The summed E-state index contributed by atoms with van der Waals surface area (Å²) in [7, 11) is -1.55. The average Bonchev–Trinajstić information content (AvgIpc) is 3.25. The number of nitrogens with zero attached hydrogens (tertiary/aromatic N) is 2. The van der Waals surface area contributed by atoms with Gasteiger partial charge in [0.05, 0.1) is 17.7 Å². The number of para-hydroxylation sites is 1. The minimum absolute atomic E-state index is 0.0836. The highest BCUT2D eigenvalue weighted by Crippen LogP contribution is 2.38. The topological polar surface area (TPSA) is 170 Å². The van der Waals surface area contributed by atoms with Crippen molar-refractivity contribution in [1.29, 1.82) is 0 Å². The zero-order valence-corrected chi connectivity index (χ0v) is 19.7. The van der Waals surface area contributed by atoms with E-state index in [4.69, 9.17) is 28.0 Å². The Bertz CT molecular complexity index is 1230. The molecule has 0 radical (unpaired) electrons. The van der Waals surface area contributed by atoms with Gasteiger partial charge in [0.1, 0.15) is 9.79 Å². The van der Waals surface area contributed by atoms with Gasteiger partial charge in [-0.25, -0.2) is 16.8 Å². The molecule has 0 bridgehead atoms. The number of nitrogen functional groups attached to an aromatic ring is 1. The summed E-state index contributed by atoms with van der Waals surface area (Å²) < 4.78 is 52.6. The lowest BCUT2D eigenvalue weighted by Gasteiger charge is -2.16. The van der Waals surface area contributed by atoms with Crippen LogP contribution in [0.15, 0.2) is 40.1 Å². The van der Waals surface area contributed by atoms with E-state index in [2.05, 4.69) is 4.74 Å². The molecular formula is C17H19Cl2N3O8S2. The monoisotopic (exact) mass is 527 g/mol. The third kappa shape index (κ3) is 5.72. The number of rotatable bonds is 5. The van der Waals surface area contributed by atoms with Gasteiger partial charge < -0.3 is 15.6 Å². The summed E-state index contributed by atoms with van der Waals surface area (Å²) in [6.45, 7) is 1.02. The summed E-state index contributed by atoms with van der Waals surface area (Å²) in [4.78, 5) is 9.20. The minimum atomic E-state index is -4.17. The Balaban J connectivity index is 0.000000227. The first kappa shape index (κ1) is 25.9. The molecule has 32 heavy (non-hydrogen) atoms. The van der Waals surface area contributed by atoms with Crippen molar-refractivity contribution in [1.82, 2.24) is 4.31 Å². The first-order valence-electron chi connectivity index (χ1n) is 8.85. The summed E-state index contributed by atoms with van der Waals surface area (Å²) in [5, 5.41) is 20.2. The molecule has 1 heterocycles. The Labute approximate surface area is 193 Å². The lowest BCUT2D eigenvalue weighted by atomic mass is 10.3. The molecular weight excluding hydrogens is 509 g/mol. The van der Waals surface area contributed by atoms with Gasteiger partial charge in [0.2, 0.25) is 15.8 Å². The Kier molecular flexibility index (Phi) is 8.17. The van der Waals surface area contributed by atoms with E-state index in [-0.39, 0.29) is 21.4 Å². The molecule has 1 aliphatic rings. The SMILES string of the molecule is COc1c([N+](=O)[O-])cc(Cl)cc1S(=O)(=O)Cl.Nc1cccc(S(=O)(=O)N2CCCC2)c1O. The van der Waals surface area contributed by atoms with E-state index in [1.54, 1.807) is 0 Å². The number of phenolic OH excluding ortho intramolecular Hbond substituents is 1. The summed E-state index contributed by atoms with van der Waals surface area (Å²) in [5.74, 6) is -0.793. The third-order valence-corrected chi connectivity index (χ3v) is 7.85. The maximum absolute atomic E-state index is 12.1. The molecule has 2 aromatic rings. The van der Waals surface area contributed by atoms with E-state index in [0.29, 0.717) is 13.1 Å². The van der Waals surface area contributed by atoms with Crippen molar-refractivity contribution in [2.45, 2.75) is 22.6 Å². The smallest absolute Gasteiger partial charge is 0.313 e. The predicted octanol–water partition coefficient (Wildman–Crippen LogP) is 2.94. The number of methoxy groups -OCH3 is 1. The van der Waals surface area contributed by atoms with E-state index in [1.807, 2.05) is 0 Å². The molecule has 3 rings (SSSR count). The van der Waals surface area contributed by atoms with Crippen molar-refractivity contribution >= 4 is 52.7 Å². The highest BCUT2D eigenvalue weighted by atomic mass is 35.7. The standard InChI is InChI=1S/C10H14N2O3S.C7H5Cl2NO5S/c11-8-4-3-5-9(10(8)13)16(14,15)12-6-1-2-7-12;1-15-7-5(10(11)12)2-4(8)3-6(7)16(9,13)14/h3-5,13H,1-2,6-7,11H2;2-3H,1H3. The molecule has 15 heteroatoms. The lowest BCUT2D eigenvalue weighted by molar-refractivity contribution is -0.386. The van der Waals surface area contributed by atoms with Gasteiger partial charge in [0.15, 0.2) is 5.75 Å². The molecule has 1 fully saturated rings. The van der Waals surface area contributed by atoms with Gasteiger partial charge in [0.25, 0.3) is 9.05 Å². The number of halogens is 2. The van der Waals surface area contributed by atoms with Gasteiger partial charge >= 0.3 is 5.69 Å².